The van der Waals surface area contributed by atoms with Crippen molar-refractivity contribution in [2.24, 2.45) is 7.05 Å². The number of amides is 1. The van der Waals surface area contributed by atoms with Gasteiger partial charge in [0.2, 0.25) is 0 Å². The first-order valence-electron chi connectivity index (χ1n) is 6.33. The molecule has 2 heterocycles. The van der Waals surface area contributed by atoms with E-state index in [1.165, 1.54) is 11.4 Å². The zero-order chi connectivity index (χ0) is 13.6. The lowest BCUT2D eigenvalue weighted by molar-refractivity contribution is -0.110. The molecule has 0 aliphatic carbocycles. The second-order valence-corrected chi connectivity index (χ2v) is 4.94. The van der Waals surface area contributed by atoms with Gasteiger partial charge in [-0.05, 0) is 37.6 Å². The molecular formula is C16H16N2O. The molecule has 0 bridgehead atoms. The fraction of sp³-hybridized carbons (Fsp3) is 0.188. The molecule has 3 nitrogen and oxygen atoms in total. The van der Waals surface area contributed by atoms with Gasteiger partial charge in [-0.15, -0.1) is 0 Å². The molecule has 1 aliphatic heterocycles. The molecule has 1 aliphatic rings. The zero-order valence-electron chi connectivity index (χ0n) is 11.3. The molecule has 2 aromatic rings. The molecular weight excluding hydrogens is 236 g/mol. The lowest BCUT2D eigenvalue weighted by Gasteiger charge is -2.00. The van der Waals surface area contributed by atoms with Crippen LogP contribution in [0.25, 0.3) is 11.6 Å². The lowest BCUT2D eigenvalue weighted by Crippen LogP contribution is -2.03. The summed E-state index contributed by atoms with van der Waals surface area (Å²) in [6, 6.07) is 9.90. The molecule has 0 saturated carbocycles. The van der Waals surface area contributed by atoms with Crippen molar-refractivity contribution in [1.29, 1.82) is 0 Å². The number of carbonyl (C=O) groups excluding carboxylic acids is 1. The van der Waals surface area contributed by atoms with Crippen LogP contribution in [0.3, 0.4) is 0 Å². The van der Waals surface area contributed by atoms with E-state index in [0.29, 0.717) is 0 Å². The Kier molecular flexibility index (Phi) is 2.56. The van der Waals surface area contributed by atoms with Crippen LogP contribution in [0.5, 0.6) is 0 Å². The van der Waals surface area contributed by atoms with Crippen LogP contribution in [0.4, 0.5) is 5.69 Å². The first-order chi connectivity index (χ1) is 9.08. The van der Waals surface area contributed by atoms with Crippen molar-refractivity contribution in [3.63, 3.8) is 0 Å². The van der Waals surface area contributed by atoms with Gasteiger partial charge in [-0.1, -0.05) is 18.2 Å². The van der Waals surface area contributed by atoms with Crippen LogP contribution in [0.1, 0.15) is 22.5 Å². The number of fused-ring (bicyclic) bond motifs is 1. The highest BCUT2D eigenvalue weighted by molar-refractivity contribution is 6.34. The van der Waals surface area contributed by atoms with Gasteiger partial charge in [-0.25, -0.2) is 0 Å². The fourth-order valence-electron chi connectivity index (χ4n) is 2.47. The molecule has 1 aromatic heterocycles. The van der Waals surface area contributed by atoms with E-state index in [0.717, 1.165) is 22.4 Å². The minimum atomic E-state index is -0.0258. The number of hydrogen-bond acceptors (Lipinski definition) is 1. The van der Waals surface area contributed by atoms with Gasteiger partial charge >= 0.3 is 0 Å². The van der Waals surface area contributed by atoms with E-state index in [1.54, 1.807) is 0 Å². The number of aromatic nitrogens is 1. The van der Waals surface area contributed by atoms with Crippen LogP contribution in [0.2, 0.25) is 0 Å². The molecule has 0 spiro atoms. The summed E-state index contributed by atoms with van der Waals surface area (Å²) in [4.78, 5) is 12.1. The third-order valence-corrected chi connectivity index (χ3v) is 3.82. The van der Waals surface area contributed by atoms with Crippen LogP contribution in [-0.4, -0.2) is 10.5 Å². The third kappa shape index (κ3) is 1.78. The summed E-state index contributed by atoms with van der Waals surface area (Å²) in [5, 5.41) is 2.89. The van der Waals surface area contributed by atoms with Crippen LogP contribution in [0, 0.1) is 13.8 Å². The molecule has 96 valence electrons. The van der Waals surface area contributed by atoms with Crippen molar-refractivity contribution >= 4 is 23.2 Å². The Bertz CT molecular complexity index is 708. The number of nitrogens with zero attached hydrogens (tertiary/aromatic N) is 1. The number of aryl methyl sites for hydroxylation is 1. The number of carbonyl (C=O) groups is 1. The van der Waals surface area contributed by atoms with Gasteiger partial charge in [0.15, 0.2) is 0 Å². The molecule has 19 heavy (non-hydrogen) atoms. The van der Waals surface area contributed by atoms with Crippen molar-refractivity contribution in [3.05, 3.63) is 52.8 Å². The van der Waals surface area contributed by atoms with Crippen LogP contribution in [-0.2, 0) is 11.8 Å². The Morgan fingerprint density at radius 3 is 2.63 bits per heavy atom. The van der Waals surface area contributed by atoms with Crippen molar-refractivity contribution in [3.8, 4) is 0 Å². The molecule has 1 N–H and O–H groups in total. The maximum atomic E-state index is 12.1. The molecule has 3 heteroatoms. The quantitative estimate of drug-likeness (QED) is 0.777. The van der Waals surface area contributed by atoms with Gasteiger partial charge < -0.3 is 9.88 Å². The Balaban J connectivity index is 2.14. The van der Waals surface area contributed by atoms with Gasteiger partial charge in [0.05, 0.1) is 0 Å². The first-order valence-corrected chi connectivity index (χ1v) is 6.33. The predicted octanol–water partition coefficient (Wildman–Crippen LogP) is 3.13. The fourth-order valence-corrected chi connectivity index (χ4v) is 2.47. The van der Waals surface area contributed by atoms with E-state index < -0.39 is 0 Å². The maximum absolute atomic E-state index is 12.1. The topological polar surface area (TPSA) is 34.0 Å². The number of para-hydroxylation sites is 1. The van der Waals surface area contributed by atoms with Gasteiger partial charge in [0, 0.05) is 35.3 Å². The number of hydrogen-bond donors (Lipinski definition) is 1. The van der Waals surface area contributed by atoms with E-state index in [2.05, 4.69) is 29.8 Å². The Morgan fingerprint density at radius 1 is 1.21 bits per heavy atom. The van der Waals surface area contributed by atoms with Gasteiger partial charge in [-0.2, -0.15) is 0 Å². The summed E-state index contributed by atoms with van der Waals surface area (Å²) in [6.45, 7) is 4.13. The number of anilines is 1. The van der Waals surface area contributed by atoms with Gasteiger partial charge in [0.25, 0.3) is 5.91 Å². The Morgan fingerprint density at radius 2 is 1.95 bits per heavy atom. The van der Waals surface area contributed by atoms with Crippen molar-refractivity contribution in [2.75, 3.05) is 5.32 Å². The number of rotatable bonds is 1. The zero-order valence-corrected chi connectivity index (χ0v) is 11.3. The largest absolute Gasteiger partial charge is 0.352 e. The van der Waals surface area contributed by atoms with Gasteiger partial charge in [-0.3, -0.25) is 4.79 Å². The average molecular weight is 252 g/mol. The predicted molar refractivity (Wildman–Crippen MR) is 77.8 cm³/mol. The average Bonchev–Trinajstić information content (AvgIpc) is 2.83. The van der Waals surface area contributed by atoms with Crippen LogP contribution < -0.4 is 5.32 Å². The van der Waals surface area contributed by atoms with Crippen molar-refractivity contribution < 1.29 is 4.79 Å². The standard InChI is InChI=1S/C16H16N2O/c1-10-8-12(11(2)18(10)3)9-14-13-6-4-5-7-15(13)17-16(14)19/h4-9H,1-3H3,(H,17,19). The summed E-state index contributed by atoms with van der Waals surface area (Å²) in [5.74, 6) is -0.0258. The highest BCUT2D eigenvalue weighted by atomic mass is 16.2. The molecule has 3 rings (SSSR count). The molecule has 0 atom stereocenters. The molecule has 0 radical (unpaired) electrons. The number of benzene rings is 1. The SMILES string of the molecule is Cc1cc(C=C2C(=O)Nc3ccccc32)c(C)n1C. The monoisotopic (exact) mass is 252 g/mol. The first kappa shape index (κ1) is 11.8. The summed E-state index contributed by atoms with van der Waals surface area (Å²) in [6.07, 6.45) is 1.98. The molecule has 0 saturated heterocycles. The summed E-state index contributed by atoms with van der Waals surface area (Å²) >= 11 is 0. The second-order valence-electron chi connectivity index (χ2n) is 4.94. The molecule has 1 amide bonds. The molecule has 0 fully saturated rings. The Labute approximate surface area is 112 Å². The summed E-state index contributed by atoms with van der Waals surface area (Å²) < 4.78 is 2.13. The van der Waals surface area contributed by atoms with Gasteiger partial charge in [0.1, 0.15) is 0 Å². The van der Waals surface area contributed by atoms with Crippen molar-refractivity contribution in [2.45, 2.75) is 13.8 Å². The van der Waals surface area contributed by atoms with E-state index in [1.807, 2.05) is 37.4 Å². The van der Waals surface area contributed by atoms with Crippen molar-refractivity contribution in [1.82, 2.24) is 4.57 Å². The van der Waals surface area contributed by atoms with E-state index in [-0.39, 0.29) is 5.91 Å². The molecule has 0 unspecified atom stereocenters. The highest BCUT2D eigenvalue weighted by Crippen LogP contribution is 2.33. The van der Waals surface area contributed by atoms with E-state index in [9.17, 15) is 4.79 Å². The summed E-state index contributed by atoms with van der Waals surface area (Å²) in [7, 11) is 2.04. The van der Waals surface area contributed by atoms with E-state index in [4.69, 9.17) is 0 Å². The highest BCUT2D eigenvalue weighted by Gasteiger charge is 2.23. The molecule has 1 aromatic carbocycles. The Hall–Kier alpha value is -2.29. The maximum Gasteiger partial charge on any atom is 0.256 e. The lowest BCUT2D eigenvalue weighted by atomic mass is 10.0. The van der Waals surface area contributed by atoms with E-state index >= 15 is 0 Å². The van der Waals surface area contributed by atoms with Crippen LogP contribution >= 0.6 is 0 Å². The summed E-state index contributed by atoms with van der Waals surface area (Å²) in [5.41, 5.74) is 6.07. The van der Waals surface area contributed by atoms with Crippen LogP contribution in [0.15, 0.2) is 30.3 Å². The minimum Gasteiger partial charge on any atom is -0.352 e. The second kappa shape index (κ2) is 4.12. The number of nitrogens with one attached hydrogen (secondary N) is 1. The minimum absolute atomic E-state index is 0.0258. The third-order valence-electron chi connectivity index (χ3n) is 3.82. The normalized spacial score (nSPS) is 15.7. The smallest absolute Gasteiger partial charge is 0.256 e.